The first-order valence-electron chi connectivity index (χ1n) is 8.37. The smallest absolute Gasteiger partial charge is 0.240 e. The van der Waals surface area contributed by atoms with Crippen LogP contribution in [-0.4, -0.2) is 80.9 Å². The molecule has 0 saturated heterocycles. The predicted octanol–water partition coefficient (Wildman–Crippen LogP) is -0.869. The molecule has 0 aromatic carbocycles. The number of aromatic nitrogens is 1. The van der Waals surface area contributed by atoms with Gasteiger partial charge in [0.1, 0.15) is 24.5 Å². The van der Waals surface area contributed by atoms with Gasteiger partial charge in [-0.25, -0.2) is 9.98 Å². The Morgan fingerprint density at radius 1 is 1.26 bits per heavy atom. The van der Waals surface area contributed by atoms with Crippen LogP contribution in [0.25, 0.3) is 0 Å². The molecule has 10 heteroatoms. The summed E-state index contributed by atoms with van der Waals surface area (Å²) in [6.45, 7) is 3.75. The second-order valence-electron chi connectivity index (χ2n) is 5.87. The molecule has 1 aliphatic heterocycles. The van der Waals surface area contributed by atoms with Crippen molar-refractivity contribution in [2.24, 2.45) is 4.99 Å². The normalized spacial score (nSPS) is 18.8. The first kappa shape index (κ1) is 20.9. The fraction of sp³-hybridized carbons (Fsp3) is 0.588. The number of carbonyl (C=O) groups is 1. The molecule has 0 amide bonds. The van der Waals surface area contributed by atoms with Crippen LogP contribution >= 0.6 is 0 Å². The number of aliphatic carboxylic acids is 1. The Morgan fingerprint density at radius 3 is 2.52 bits per heavy atom. The molecular formula is C17H23N2O8-. The second kappa shape index (κ2) is 10.0. The zero-order valence-corrected chi connectivity index (χ0v) is 15.3. The Kier molecular flexibility index (Phi) is 7.77. The number of pyridine rings is 1. The Balaban J connectivity index is 1.76. The van der Waals surface area contributed by atoms with Crippen LogP contribution in [0.1, 0.15) is 12.6 Å². The number of carbonyl (C=O) groups excluding carboxylic acids is 1. The third-order valence-corrected chi connectivity index (χ3v) is 3.62. The van der Waals surface area contributed by atoms with E-state index >= 15 is 0 Å². The lowest BCUT2D eigenvalue weighted by Crippen LogP contribution is -2.45. The van der Waals surface area contributed by atoms with Crippen LogP contribution in [-0.2, 0) is 23.7 Å². The molecular weight excluding hydrogens is 360 g/mol. The van der Waals surface area contributed by atoms with Gasteiger partial charge in [0.05, 0.1) is 45.2 Å². The van der Waals surface area contributed by atoms with E-state index < -0.39 is 11.5 Å². The van der Waals surface area contributed by atoms with Crippen molar-refractivity contribution >= 4 is 11.9 Å². The van der Waals surface area contributed by atoms with Crippen LogP contribution in [0, 0.1) is 0 Å². The molecule has 1 aliphatic rings. The van der Waals surface area contributed by atoms with E-state index in [4.69, 9.17) is 23.7 Å². The van der Waals surface area contributed by atoms with Crippen LogP contribution in [0.4, 0.5) is 0 Å². The molecule has 150 valence electrons. The van der Waals surface area contributed by atoms with Gasteiger partial charge in [0, 0.05) is 13.2 Å². The summed E-state index contributed by atoms with van der Waals surface area (Å²) in [7, 11) is 1.61. The first-order chi connectivity index (χ1) is 13.0. The summed E-state index contributed by atoms with van der Waals surface area (Å²) >= 11 is 0. The van der Waals surface area contributed by atoms with E-state index in [1.54, 1.807) is 7.11 Å². The Bertz CT molecular complexity index is 666. The Morgan fingerprint density at radius 2 is 1.93 bits per heavy atom. The van der Waals surface area contributed by atoms with Crippen molar-refractivity contribution in [1.82, 2.24) is 4.98 Å². The standard InChI is InChI=1S/C17H24N2O8/c1-17(16(21)22)11-27-15(19-17)14-13(20)9-12(10-18-14)26-8-7-25-6-5-24-4-3-23-2/h9-10,20H,3-8,11H2,1-2H3,(H,21,22)/p-1/t17-/m1/s1. The molecule has 1 aromatic rings. The van der Waals surface area contributed by atoms with Gasteiger partial charge >= 0.3 is 0 Å². The maximum absolute atomic E-state index is 11.1. The number of aliphatic imine (C=N–C) groups is 1. The van der Waals surface area contributed by atoms with E-state index in [-0.39, 0.29) is 30.6 Å². The summed E-state index contributed by atoms with van der Waals surface area (Å²) in [4.78, 5) is 19.0. The van der Waals surface area contributed by atoms with Crippen molar-refractivity contribution in [3.05, 3.63) is 18.0 Å². The van der Waals surface area contributed by atoms with Gasteiger partial charge in [-0.2, -0.15) is 0 Å². The summed E-state index contributed by atoms with van der Waals surface area (Å²) < 4.78 is 26.1. The number of carboxylic acids is 1. The highest BCUT2D eigenvalue weighted by Gasteiger charge is 2.35. The lowest BCUT2D eigenvalue weighted by Gasteiger charge is -2.18. The largest absolute Gasteiger partial charge is 0.547 e. The van der Waals surface area contributed by atoms with E-state index in [1.165, 1.54) is 19.2 Å². The molecule has 0 fully saturated rings. The van der Waals surface area contributed by atoms with E-state index in [1.807, 2.05) is 0 Å². The van der Waals surface area contributed by atoms with Crippen LogP contribution in [0.15, 0.2) is 17.3 Å². The molecule has 10 nitrogen and oxygen atoms in total. The van der Waals surface area contributed by atoms with Crippen molar-refractivity contribution in [2.45, 2.75) is 12.5 Å². The Labute approximate surface area is 156 Å². The van der Waals surface area contributed by atoms with Crippen molar-refractivity contribution in [3.63, 3.8) is 0 Å². The zero-order chi connectivity index (χ0) is 19.7. The maximum Gasteiger partial charge on any atom is 0.240 e. The number of hydrogen-bond donors (Lipinski definition) is 1. The Hall–Kier alpha value is -2.43. The number of carboxylic acid groups (broad SMARTS) is 1. The lowest BCUT2D eigenvalue weighted by molar-refractivity contribution is -0.312. The van der Waals surface area contributed by atoms with Gasteiger partial charge in [-0.05, 0) is 6.92 Å². The predicted molar refractivity (Wildman–Crippen MR) is 90.8 cm³/mol. The minimum absolute atomic E-state index is 0.0387. The highest BCUT2D eigenvalue weighted by Crippen LogP contribution is 2.27. The van der Waals surface area contributed by atoms with Crippen molar-refractivity contribution in [3.8, 4) is 11.5 Å². The molecule has 0 spiro atoms. The summed E-state index contributed by atoms with van der Waals surface area (Å²) in [6.07, 6.45) is 1.38. The third kappa shape index (κ3) is 6.05. The fourth-order valence-corrected chi connectivity index (χ4v) is 2.08. The molecule has 0 aliphatic carbocycles. The molecule has 27 heavy (non-hydrogen) atoms. The summed E-state index contributed by atoms with van der Waals surface area (Å²) in [5.74, 6) is -1.32. The van der Waals surface area contributed by atoms with Gasteiger partial charge in [0.25, 0.3) is 0 Å². The first-order valence-corrected chi connectivity index (χ1v) is 8.37. The highest BCUT2D eigenvalue weighted by atomic mass is 16.6. The molecule has 0 radical (unpaired) electrons. The molecule has 1 aromatic heterocycles. The molecule has 0 saturated carbocycles. The summed E-state index contributed by atoms with van der Waals surface area (Å²) in [5.41, 5.74) is -1.46. The van der Waals surface area contributed by atoms with Crippen LogP contribution in [0.2, 0.25) is 0 Å². The van der Waals surface area contributed by atoms with Gasteiger partial charge in [0.2, 0.25) is 5.90 Å². The quantitative estimate of drug-likeness (QED) is 0.457. The van der Waals surface area contributed by atoms with E-state index in [2.05, 4.69) is 9.98 Å². The molecule has 2 heterocycles. The van der Waals surface area contributed by atoms with E-state index in [0.717, 1.165) is 0 Å². The SMILES string of the molecule is COCCOCCOCCOc1cnc(C2=N[C@@](C)(C(=O)[O-])CO2)c(O)c1. The van der Waals surface area contributed by atoms with E-state index in [0.29, 0.717) is 38.8 Å². The van der Waals surface area contributed by atoms with Crippen LogP contribution in [0.5, 0.6) is 11.5 Å². The summed E-state index contributed by atoms with van der Waals surface area (Å²) in [5, 5.41) is 21.2. The van der Waals surface area contributed by atoms with Gasteiger partial charge in [-0.1, -0.05) is 0 Å². The molecule has 0 unspecified atom stereocenters. The number of methoxy groups -OCH3 is 1. The maximum atomic E-state index is 11.1. The molecule has 1 atom stereocenters. The topological polar surface area (TPSA) is 132 Å². The fourth-order valence-electron chi connectivity index (χ4n) is 2.08. The average molecular weight is 383 g/mol. The zero-order valence-electron chi connectivity index (χ0n) is 15.3. The molecule has 1 N–H and O–H groups in total. The summed E-state index contributed by atoms with van der Waals surface area (Å²) in [6, 6.07) is 1.34. The van der Waals surface area contributed by atoms with Gasteiger partial charge in [-0.3, -0.25) is 0 Å². The number of nitrogens with zero attached hydrogens (tertiary/aromatic N) is 2. The van der Waals surface area contributed by atoms with Crippen molar-refractivity contribution < 1.29 is 38.7 Å². The second-order valence-corrected chi connectivity index (χ2v) is 5.87. The monoisotopic (exact) mass is 383 g/mol. The third-order valence-electron chi connectivity index (χ3n) is 3.62. The van der Waals surface area contributed by atoms with Gasteiger partial charge in [0.15, 0.2) is 11.4 Å². The minimum atomic E-state index is -1.50. The number of rotatable bonds is 12. The number of hydrogen-bond acceptors (Lipinski definition) is 10. The van der Waals surface area contributed by atoms with E-state index in [9.17, 15) is 15.0 Å². The number of aromatic hydroxyl groups is 1. The minimum Gasteiger partial charge on any atom is -0.547 e. The van der Waals surface area contributed by atoms with Gasteiger partial charge in [-0.15, -0.1) is 0 Å². The highest BCUT2D eigenvalue weighted by molar-refractivity contribution is 5.98. The van der Waals surface area contributed by atoms with Crippen LogP contribution in [0.3, 0.4) is 0 Å². The van der Waals surface area contributed by atoms with Crippen molar-refractivity contribution in [1.29, 1.82) is 0 Å². The lowest BCUT2D eigenvalue weighted by atomic mass is 10.1. The van der Waals surface area contributed by atoms with Gasteiger partial charge < -0.3 is 38.7 Å². The van der Waals surface area contributed by atoms with Crippen LogP contribution < -0.4 is 9.84 Å². The molecule has 0 bridgehead atoms. The molecule has 2 rings (SSSR count). The van der Waals surface area contributed by atoms with Crippen molar-refractivity contribution in [2.75, 3.05) is 53.4 Å². The average Bonchev–Trinajstić information content (AvgIpc) is 3.04. The number of ether oxygens (including phenoxy) is 5.